The zero-order valence-electron chi connectivity index (χ0n) is 20.5. The van der Waals surface area contributed by atoms with Crippen molar-refractivity contribution in [3.8, 4) is 0 Å². The SMILES string of the molecule is CC(C)C(N)C(=O)N1CCCC1C(=O)NC(Cc1ccccc1)C(=O)NC(Cc1cnc[nH]1)C(=O)O. The Kier molecular flexibility index (Phi) is 9.18. The van der Waals surface area contributed by atoms with Gasteiger partial charge in [0.1, 0.15) is 18.1 Å². The van der Waals surface area contributed by atoms with Crippen molar-refractivity contribution < 1.29 is 24.3 Å². The number of carbonyl (C=O) groups excluding carboxylic acids is 3. The number of H-pyrrole nitrogens is 1. The molecule has 2 aromatic rings. The zero-order valence-corrected chi connectivity index (χ0v) is 20.5. The van der Waals surface area contributed by atoms with E-state index in [9.17, 15) is 24.3 Å². The van der Waals surface area contributed by atoms with Gasteiger partial charge in [0.05, 0.1) is 12.4 Å². The fourth-order valence-corrected chi connectivity index (χ4v) is 4.20. The van der Waals surface area contributed by atoms with Gasteiger partial charge in [0.15, 0.2) is 0 Å². The van der Waals surface area contributed by atoms with Gasteiger partial charge in [-0.2, -0.15) is 0 Å². The molecule has 1 aromatic carbocycles. The first-order valence-electron chi connectivity index (χ1n) is 12.1. The fourth-order valence-electron chi connectivity index (χ4n) is 4.20. The summed E-state index contributed by atoms with van der Waals surface area (Å²) < 4.78 is 0. The molecule has 4 unspecified atom stereocenters. The molecule has 1 aliphatic heterocycles. The summed E-state index contributed by atoms with van der Waals surface area (Å²) in [4.78, 5) is 59.4. The third kappa shape index (κ3) is 6.91. The highest BCUT2D eigenvalue weighted by Crippen LogP contribution is 2.20. The number of aliphatic carboxylic acids is 1. The predicted molar refractivity (Wildman–Crippen MR) is 131 cm³/mol. The number of aromatic nitrogens is 2. The largest absolute Gasteiger partial charge is 0.480 e. The van der Waals surface area contributed by atoms with E-state index in [1.54, 1.807) is 0 Å². The van der Waals surface area contributed by atoms with Crippen molar-refractivity contribution >= 4 is 23.7 Å². The van der Waals surface area contributed by atoms with Crippen molar-refractivity contribution in [3.63, 3.8) is 0 Å². The molecule has 4 atom stereocenters. The average Bonchev–Trinajstić information content (AvgIpc) is 3.55. The molecule has 2 heterocycles. The summed E-state index contributed by atoms with van der Waals surface area (Å²) in [7, 11) is 0. The topological polar surface area (TPSA) is 171 Å². The van der Waals surface area contributed by atoms with Crippen LogP contribution in [-0.2, 0) is 32.0 Å². The van der Waals surface area contributed by atoms with Crippen molar-refractivity contribution in [2.45, 2.75) is 63.7 Å². The summed E-state index contributed by atoms with van der Waals surface area (Å²) in [6, 6.07) is 5.37. The van der Waals surface area contributed by atoms with Gasteiger partial charge < -0.3 is 31.4 Å². The van der Waals surface area contributed by atoms with Crippen LogP contribution >= 0.6 is 0 Å². The van der Waals surface area contributed by atoms with Crippen LogP contribution in [0.5, 0.6) is 0 Å². The minimum atomic E-state index is -1.22. The predicted octanol–water partition coefficient (Wildman–Crippen LogP) is 0.223. The third-order valence-electron chi connectivity index (χ3n) is 6.35. The van der Waals surface area contributed by atoms with E-state index in [1.807, 2.05) is 44.2 Å². The van der Waals surface area contributed by atoms with Crippen LogP contribution in [0.25, 0.3) is 0 Å². The fraction of sp³-hybridized carbons (Fsp3) is 0.480. The second kappa shape index (κ2) is 12.3. The number of nitrogens with one attached hydrogen (secondary N) is 3. The van der Waals surface area contributed by atoms with Crippen molar-refractivity contribution in [1.82, 2.24) is 25.5 Å². The number of likely N-dealkylation sites (tertiary alicyclic amines) is 1. The van der Waals surface area contributed by atoms with Gasteiger partial charge in [-0.15, -0.1) is 0 Å². The second-order valence-corrected chi connectivity index (χ2v) is 9.39. The molecule has 0 spiro atoms. The Balaban J connectivity index is 1.76. The number of carboxylic acids is 1. The molecule has 194 valence electrons. The number of nitrogens with two attached hydrogens (primary N) is 1. The summed E-state index contributed by atoms with van der Waals surface area (Å²) in [5, 5.41) is 14.9. The molecule has 1 aromatic heterocycles. The monoisotopic (exact) mass is 498 g/mol. The quantitative estimate of drug-likeness (QED) is 0.295. The number of carboxylic acid groups (broad SMARTS) is 1. The van der Waals surface area contributed by atoms with Gasteiger partial charge in [-0.3, -0.25) is 14.4 Å². The lowest BCUT2D eigenvalue weighted by molar-refractivity contribution is -0.143. The Hall–Kier alpha value is -3.73. The van der Waals surface area contributed by atoms with E-state index in [0.717, 1.165) is 5.56 Å². The van der Waals surface area contributed by atoms with E-state index in [2.05, 4.69) is 20.6 Å². The lowest BCUT2D eigenvalue weighted by Crippen LogP contribution is -2.57. The Labute approximate surface area is 209 Å². The standard InChI is InChI=1S/C25H34N6O5/c1-15(2)21(26)24(34)31-10-6-9-20(31)23(33)29-18(11-16-7-4-3-5-8-16)22(32)30-19(25(35)36)12-17-13-27-14-28-17/h3-5,7-8,13-15,18-21H,6,9-12,26H2,1-2H3,(H,27,28)(H,29,33)(H,30,32)(H,35,36). The summed E-state index contributed by atoms with van der Waals surface area (Å²) in [6.45, 7) is 4.10. The van der Waals surface area contributed by atoms with E-state index >= 15 is 0 Å². The van der Waals surface area contributed by atoms with E-state index < -0.39 is 42.0 Å². The van der Waals surface area contributed by atoms with Crippen LogP contribution in [-0.4, -0.2) is 74.4 Å². The van der Waals surface area contributed by atoms with Crippen molar-refractivity contribution in [1.29, 1.82) is 0 Å². The average molecular weight is 499 g/mol. The molecule has 0 aliphatic carbocycles. The molecule has 36 heavy (non-hydrogen) atoms. The van der Waals surface area contributed by atoms with Crippen LogP contribution in [0.2, 0.25) is 0 Å². The summed E-state index contributed by atoms with van der Waals surface area (Å²) in [5.41, 5.74) is 7.38. The Morgan fingerprint density at radius 1 is 1.14 bits per heavy atom. The molecular weight excluding hydrogens is 464 g/mol. The van der Waals surface area contributed by atoms with E-state index in [1.165, 1.54) is 17.4 Å². The van der Waals surface area contributed by atoms with Gasteiger partial charge in [-0.1, -0.05) is 44.2 Å². The number of aromatic amines is 1. The first-order valence-corrected chi connectivity index (χ1v) is 12.1. The van der Waals surface area contributed by atoms with E-state index in [4.69, 9.17) is 5.73 Å². The first-order chi connectivity index (χ1) is 17.2. The normalized spacial score (nSPS) is 17.9. The van der Waals surface area contributed by atoms with Crippen LogP contribution in [0.15, 0.2) is 42.9 Å². The number of amides is 3. The molecular formula is C25H34N6O5. The highest BCUT2D eigenvalue weighted by molar-refractivity contribution is 5.94. The summed E-state index contributed by atoms with van der Waals surface area (Å²) in [5.74, 6) is -2.68. The molecule has 6 N–H and O–H groups in total. The molecule has 0 bridgehead atoms. The molecule has 1 fully saturated rings. The number of hydrogen-bond donors (Lipinski definition) is 5. The molecule has 0 saturated carbocycles. The molecule has 1 aliphatic rings. The highest BCUT2D eigenvalue weighted by Gasteiger charge is 2.38. The highest BCUT2D eigenvalue weighted by atomic mass is 16.4. The molecule has 3 amide bonds. The molecule has 1 saturated heterocycles. The van der Waals surface area contributed by atoms with Gasteiger partial charge in [0.2, 0.25) is 17.7 Å². The Bertz CT molecular complexity index is 1040. The van der Waals surface area contributed by atoms with Gasteiger partial charge >= 0.3 is 5.97 Å². The lowest BCUT2D eigenvalue weighted by atomic mass is 10.0. The second-order valence-electron chi connectivity index (χ2n) is 9.39. The van der Waals surface area contributed by atoms with Gasteiger partial charge in [-0.05, 0) is 24.3 Å². The lowest BCUT2D eigenvalue weighted by Gasteiger charge is -2.29. The third-order valence-corrected chi connectivity index (χ3v) is 6.35. The van der Waals surface area contributed by atoms with Crippen molar-refractivity contribution in [2.75, 3.05) is 6.54 Å². The first kappa shape index (κ1) is 26.9. The van der Waals surface area contributed by atoms with Crippen LogP contribution in [0.4, 0.5) is 0 Å². The maximum atomic E-state index is 13.3. The van der Waals surface area contributed by atoms with Crippen LogP contribution in [0.3, 0.4) is 0 Å². The van der Waals surface area contributed by atoms with Gasteiger partial charge in [-0.25, -0.2) is 9.78 Å². The van der Waals surface area contributed by atoms with Crippen LogP contribution in [0, 0.1) is 5.92 Å². The van der Waals surface area contributed by atoms with E-state index in [0.29, 0.717) is 25.1 Å². The zero-order chi connectivity index (χ0) is 26.2. The molecule has 11 heteroatoms. The maximum absolute atomic E-state index is 13.3. The number of nitrogens with zero attached hydrogens (tertiary/aromatic N) is 2. The minimum Gasteiger partial charge on any atom is -0.480 e. The minimum absolute atomic E-state index is 0.00503. The van der Waals surface area contributed by atoms with Crippen LogP contribution < -0.4 is 16.4 Å². The van der Waals surface area contributed by atoms with Crippen LogP contribution in [0.1, 0.15) is 37.9 Å². The summed E-state index contributed by atoms with van der Waals surface area (Å²) in [6.07, 6.45) is 4.17. The number of carbonyl (C=O) groups is 4. The molecule has 3 rings (SSSR count). The summed E-state index contributed by atoms with van der Waals surface area (Å²) >= 11 is 0. The Morgan fingerprint density at radius 2 is 1.86 bits per heavy atom. The smallest absolute Gasteiger partial charge is 0.326 e. The maximum Gasteiger partial charge on any atom is 0.326 e. The molecule has 0 radical (unpaired) electrons. The Morgan fingerprint density at radius 3 is 2.47 bits per heavy atom. The van der Waals surface area contributed by atoms with Crippen molar-refractivity contribution in [3.05, 3.63) is 54.1 Å². The van der Waals surface area contributed by atoms with Crippen molar-refractivity contribution in [2.24, 2.45) is 11.7 Å². The number of benzene rings is 1. The van der Waals surface area contributed by atoms with Gasteiger partial charge in [0, 0.05) is 31.3 Å². The number of hydrogen-bond acceptors (Lipinski definition) is 6. The molecule has 11 nitrogen and oxygen atoms in total. The van der Waals surface area contributed by atoms with E-state index in [-0.39, 0.29) is 24.7 Å². The van der Waals surface area contributed by atoms with Gasteiger partial charge in [0.25, 0.3) is 0 Å². The number of imidazole rings is 1. The number of rotatable bonds is 11.